The molecule has 3 N–H and O–H groups in total. The number of aromatic nitrogens is 1. The van der Waals surface area contributed by atoms with Gasteiger partial charge in [0.05, 0.1) is 11.5 Å². The van der Waals surface area contributed by atoms with Crippen molar-refractivity contribution in [2.24, 2.45) is 5.73 Å². The number of aromatic amines is 1. The minimum atomic E-state index is -3.06. The van der Waals surface area contributed by atoms with Crippen LogP contribution in [-0.4, -0.2) is 13.4 Å². The number of hydrogen-bond acceptors (Lipinski definition) is 4. The topological polar surface area (TPSA) is 93.0 Å². The first-order valence-electron chi connectivity index (χ1n) is 4.16. The van der Waals surface area contributed by atoms with E-state index in [9.17, 15) is 13.2 Å². The van der Waals surface area contributed by atoms with E-state index in [2.05, 4.69) is 4.98 Å². The van der Waals surface area contributed by atoms with Crippen LogP contribution in [0.3, 0.4) is 0 Å². The lowest BCUT2D eigenvalue weighted by Crippen LogP contribution is -2.17. The van der Waals surface area contributed by atoms with Gasteiger partial charge in [0.25, 0.3) is 5.56 Å². The van der Waals surface area contributed by atoms with E-state index in [0.717, 1.165) is 0 Å². The highest BCUT2D eigenvalue weighted by Gasteiger charge is 2.25. The number of H-pyrrole nitrogens is 1. The number of sulfone groups is 1. The summed E-state index contributed by atoms with van der Waals surface area (Å²) in [6.45, 7) is 0.128. The third-order valence-corrected chi connectivity index (χ3v) is 3.73. The molecule has 0 aromatic carbocycles. The SMILES string of the molecule is NCc1cc2c([nH]c1=O)CS(=O)(=O)C2. The molecule has 1 aliphatic heterocycles. The number of nitrogens with one attached hydrogen (secondary N) is 1. The summed E-state index contributed by atoms with van der Waals surface area (Å²) in [5, 5.41) is 0. The Hall–Kier alpha value is -1.14. The highest BCUT2D eigenvalue weighted by atomic mass is 32.2. The van der Waals surface area contributed by atoms with E-state index in [1.165, 1.54) is 0 Å². The van der Waals surface area contributed by atoms with Crippen LogP contribution < -0.4 is 11.3 Å². The molecule has 0 fully saturated rings. The molecule has 0 spiro atoms. The van der Waals surface area contributed by atoms with Crippen molar-refractivity contribution in [1.29, 1.82) is 0 Å². The third kappa shape index (κ3) is 1.46. The van der Waals surface area contributed by atoms with Crippen molar-refractivity contribution in [2.75, 3.05) is 0 Å². The minimum Gasteiger partial charge on any atom is -0.326 e. The first-order valence-corrected chi connectivity index (χ1v) is 5.98. The lowest BCUT2D eigenvalue weighted by Gasteiger charge is -1.99. The Labute approximate surface area is 80.9 Å². The van der Waals surface area contributed by atoms with E-state index in [1.807, 2.05) is 0 Å². The molecule has 1 aliphatic rings. The zero-order chi connectivity index (χ0) is 10.3. The Bertz CT molecular complexity index is 530. The van der Waals surface area contributed by atoms with E-state index >= 15 is 0 Å². The maximum absolute atomic E-state index is 11.3. The van der Waals surface area contributed by atoms with Gasteiger partial charge in [-0.2, -0.15) is 0 Å². The summed E-state index contributed by atoms with van der Waals surface area (Å²) in [5.74, 6) is -0.0610. The third-order valence-electron chi connectivity index (χ3n) is 2.25. The molecule has 0 atom stereocenters. The average Bonchev–Trinajstić information content (AvgIpc) is 2.36. The van der Waals surface area contributed by atoms with Crippen molar-refractivity contribution < 1.29 is 8.42 Å². The van der Waals surface area contributed by atoms with Gasteiger partial charge in [-0.05, 0) is 11.6 Å². The fourth-order valence-corrected chi connectivity index (χ4v) is 3.11. The number of pyridine rings is 1. The number of hydrogen-bond donors (Lipinski definition) is 2. The molecular weight excluding hydrogens is 204 g/mol. The van der Waals surface area contributed by atoms with E-state index in [-0.39, 0.29) is 23.6 Å². The predicted molar refractivity (Wildman–Crippen MR) is 51.3 cm³/mol. The van der Waals surface area contributed by atoms with Crippen LogP contribution in [0.15, 0.2) is 10.9 Å². The van der Waals surface area contributed by atoms with Crippen molar-refractivity contribution >= 4 is 9.84 Å². The van der Waals surface area contributed by atoms with Crippen molar-refractivity contribution in [3.8, 4) is 0 Å². The Morgan fingerprint density at radius 1 is 1.43 bits per heavy atom. The molecule has 2 rings (SSSR count). The summed E-state index contributed by atoms with van der Waals surface area (Å²) in [6, 6.07) is 1.58. The molecule has 0 radical (unpaired) electrons. The second-order valence-electron chi connectivity index (χ2n) is 3.36. The molecule has 0 amide bonds. The summed E-state index contributed by atoms with van der Waals surface area (Å²) in [7, 11) is -3.06. The fraction of sp³-hybridized carbons (Fsp3) is 0.375. The van der Waals surface area contributed by atoms with Crippen LogP contribution in [0, 0.1) is 0 Å². The maximum Gasteiger partial charge on any atom is 0.252 e. The monoisotopic (exact) mass is 214 g/mol. The largest absolute Gasteiger partial charge is 0.326 e. The summed E-state index contributed by atoms with van der Waals surface area (Å²) >= 11 is 0. The summed E-state index contributed by atoms with van der Waals surface area (Å²) in [4.78, 5) is 13.8. The van der Waals surface area contributed by atoms with E-state index in [0.29, 0.717) is 16.8 Å². The predicted octanol–water partition coefficient (Wildman–Crippen LogP) is -0.738. The smallest absolute Gasteiger partial charge is 0.252 e. The van der Waals surface area contributed by atoms with Crippen LogP contribution in [0.1, 0.15) is 16.8 Å². The van der Waals surface area contributed by atoms with Gasteiger partial charge in [-0.25, -0.2) is 8.42 Å². The van der Waals surface area contributed by atoms with Crippen LogP contribution in [0.5, 0.6) is 0 Å². The van der Waals surface area contributed by atoms with Gasteiger partial charge in [-0.3, -0.25) is 4.79 Å². The molecule has 1 aromatic heterocycles. The second kappa shape index (κ2) is 2.93. The van der Waals surface area contributed by atoms with Gasteiger partial charge in [0.15, 0.2) is 9.84 Å². The summed E-state index contributed by atoms with van der Waals surface area (Å²) in [5.41, 5.74) is 6.66. The van der Waals surface area contributed by atoms with Crippen molar-refractivity contribution in [2.45, 2.75) is 18.1 Å². The Balaban J connectivity index is 2.60. The molecule has 0 bridgehead atoms. The van der Waals surface area contributed by atoms with Crippen molar-refractivity contribution in [1.82, 2.24) is 4.98 Å². The average molecular weight is 214 g/mol. The lowest BCUT2D eigenvalue weighted by atomic mass is 10.1. The van der Waals surface area contributed by atoms with Crippen LogP contribution in [0.2, 0.25) is 0 Å². The number of nitrogens with two attached hydrogens (primary N) is 1. The van der Waals surface area contributed by atoms with E-state index in [1.54, 1.807) is 6.07 Å². The fourth-order valence-electron chi connectivity index (χ4n) is 1.58. The Morgan fingerprint density at radius 2 is 2.14 bits per heavy atom. The standard InChI is InChI=1S/C8H10N2O3S/c9-2-5-1-6-3-14(12,13)4-7(6)10-8(5)11/h1H,2-4,9H2,(H,10,11). The van der Waals surface area contributed by atoms with Crippen molar-refractivity contribution in [3.63, 3.8) is 0 Å². The highest BCUT2D eigenvalue weighted by Crippen LogP contribution is 2.22. The lowest BCUT2D eigenvalue weighted by molar-refractivity contribution is 0.597. The molecule has 0 aliphatic carbocycles. The van der Waals surface area contributed by atoms with Gasteiger partial charge in [0, 0.05) is 17.8 Å². The first kappa shape index (κ1) is 9.42. The summed E-state index contributed by atoms with van der Waals surface area (Å²) < 4.78 is 22.5. The molecular formula is C8H10N2O3S. The van der Waals surface area contributed by atoms with Crippen LogP contribution in [0.4, 0.5) is 0 Å². The highest BCUT2D eigenvalue weighted by molar-refractivity contribution is 7.90. The van der Waals surface area contributed by atoms with Gasteiger partial charge >= 0.3 is 0 Å². The Kier molecular flexibility index (Phi) is 1.97. The normalized spacial score (nSPS) is 18.1. The molecule has 76 valence electrons. The maximum atomic E-state index is 11.3. The molecule has 5 nitrogen and oxygen atoms in total. The molecule has 0 saturated heterocycles. The van der Waals surface area contributed by atoms with E-state index < -0.39 is 9.84 Å². The zero-order valence-electron chi connectivity index (χ0n) is 7.41. The van der Waals surface area contributed by atoms with E-state index in [4.69, 9.17) is 5.73 Å². The summed E-state index contributed by atoms with van der Waals surface area (Å²) in [6.07, 6.45) is 0. The molecule has 6 heteroatoms. The van der Waals surface area contributed by atoms with Crippen LogP contribution >= 0.6 is 0 Å². The first-order chi connectivity index (χ1) is 6.52. The van der Waals surface area contributed by atoms with Crippen LogP contribution in [0.25, 0.3) is 0 Å². The number of fused-ring (bicyclic) bond motifs is 1. The van der Waals surface area contributed by atoms with Gasteiger partial charge < -0.3 is 10.7 Å². The molecule has 2 heterocycles. The molecule has 0 saturated carbocycles. The van der Waals surface area contributed by atoms with Crippen LogP contribution in [-0.2, 0) is 27.9 Å². The van der Waals surface area contributed by atoms with Gasteiger partial charge in [0.1, 0.15) is 0 Å². The Morgan fingerprint density at radius 3 is 2.79 bits per heavy atom. The van der Waals surface area contributed by atoms with Gasteiger partial charge in [0.2, 0.25) is 0 Å². The zero-order valence-corrected chi connectivity index (χ0v) is 8.23. The molecule has 14 heavy (non-hydrogen) atoms. The quantitative estimate of drug-likeness (QED) is 0.644. The molecule has 1 aromatic rings. The van der Waals surface area contributed by atoms with Gasteiger partial charge in [-0.15, -0.1) is 0 Å². The number of rotatable bonds is 1. The molecule has 0 unspecified atom stereocenters. The second-order valence-corrected chi connectivity index (χ2v) is 5.43. The van der Waals surface area contributed by atoms with Gasteiger partial charge in [-0.1, -0.05) is 0 Å². The minimum absolute atomic E-state index is 0.00606. The van der Waals surface area contributed by atoms with Crippen molar-refractivity contribution in [3.05, 3.63) is 33.2 Å².